The molecule has 6 heteroatoms. The van der Waals surface area contributed by atoms with Gasteiger partial charge < -0.3 is 9.84 Å². The molecule has 0 atom stereocenters. The number of hydrogen-bond donors (Lipinski definition) is 1. The van der Waals surface area contributed by atoms with Crippen molar-refractivity contribution < 1.29 is 23.1 Å². The van der Waals surface area contributed by atoms with Gasteiger partial charge in [-0.3, -0.25) is 0 Å². The van der Waals surface area contributed by atoms with Crippen LogP contribution in [0.2, 0.25) is 0 Å². The zero-order valence-electron chi connectivity index (χ0n) is 9.24. The highest BCUT2D eigenvalue weighted by Gasteiger charge is 2.20. The topological polar surface area (TPSA) is 80.7 Å². The van der Waals surface area contributed by atoms with E-state index < -0.39 is 15.8 Å². The van der Waals surface area contributed by atoms with Crippen LogP contribution >= 0.6 is 0 Å². The van der Waals surface area contributed by atoms with Gasteiger partial charge in [-0.15, -0.1) is 0 Å². The number of sulfone groups is 1. The van der Waals surface area contributed by atoms with Gasteiger partial charge in [0.1, 0.15) is 12.4 Å². The van der Waals surface area contributed by atoms with Crippen LogP contribution in [0.25, 0.3) is 6.08 Å². The first-order chi connectivity index (χ1) is 8.49. The van der Waals surface area contributed by atoms with Crippen LogP contribution in [-0.4, -0.2) is 26.1 Å². The molecule has 0 spiro atoms. The maximum absolute atomic E-state index is 11.5. The van der Waals surface area contributed by atoms with Crippen molar-refractivity contribution in [2.45, 2.75) is 4.90 Å². The lowest BCUT2D eigenvalue weighted by molar-refractivity contribution is -0.131. The fourth-order valence-electron chi connectivity index (χ4n) is 1.54. The molecule has 1 aliphatic heterocycles. The molecule has 18 heavy (non-hydrogen) atoms. The van der Waals surface area contributed by atoms with Gasteiger partial charge in [-0.25, -0.2) is 13.2 Å². The van der Waals surface area contributed by atoms with Crippen LogP contribution in [0.4, 0.5) is 0 Å². The average molecular weight is 266 g/mol. The molecule has 1 heterocycles. The van der Waals surface area contributed by atoms with Crippen LogP contribution < -0.4 is 4.74 Å². The molecule has 0 aliphatic carbocycles. The third-order valence-corrected chi connectivity index (χ3v) is 3.80. The Morgan fingerprint density at radius 2 is 2.17 bits per heavy atom. The van der Waals surface area contributed by atoms with Crippen molar-refractivity contribution in [3.8, 4) is 5.75 Å². The van der Waals surface area contributed by atoms with Crippen molar-refractivity contribution in [1.29, 1.82) is 0 Å². The van der Waals surface area contributed by atoms with E-state index in [1.165, 1.54) is 24.3 Å². The lowest BCUT2D eigenvalue weighted by Crippen LogP contribution is -1.97. The molecule has 0 saturated heterocycles. The number of benzene rings is 1. The van der Waals surface area contributed by atoms with E-state index in [2.05, 4.69) is 0 Å². The number of aliphatic carboxylic acids is 1. The predicted octanol–water partition coefficient (Wildman–Crippen LogP) is 1.46. The largest absolute Gasteiger partial charge is 0.490 e. The number of carboxylic acids is 1. The Morgan fingerprint density at radius 3 is 2.89 bits per heavy atom. The Labute approximate surface area is 104 Å². The summed E-state index contributed by atoms with van der Waals surface area (Å²) in [4.78, 5) is 10.5. The van der Waals surface area contributed by atoms with Crippen LogP contribution in [0.1, 0.15) is 5.56 Å². The van der Waals surface area contributed by atoms with Crippen LogP contribution in [0.3, 0.4) is 0 Å². The molecular formula is C12H10O5S. The zero-order chi connectivity index (χ0) is 13.2. The van der Waals surface area contributed by atoms with Gasteiger partial charge in [0.25, 0.3) is 0 Å². The van der Waals surface area contributed by atoms with Crippen molar-refractivity contribution in [2.24, 2.45) is 0 Å². The minimum atomic E-state index is -3.29. The van der Waals surface area contributed by atoms with Gasteiger partial charge in [-0.1, -0.05) is 0 Å². The Kier molecular flexibility index (Phi) is 3.20. The minimum Gasteiger partial charge on any atom is -0.490 e. The van der Waals surface area contributed by atoms with Crippen molar-refractivity contribution in [1.82, 2.24) is 0 Å². The highest BCUT2D eigenvalue weighted by Crippen LogP contribution is 2.29. The summed E-state index contributed by atoms with van der Waals surface area (Å²) in [5.74, 6) is -0.549. The summed E-state index contributed by atoms with van der Waals surface area (Å²) >= 11 is 0. The highest BCUT2D eigenvalue weighted by atomic mass is 32.2. The van der Waals surface area contributed by atoms with Gasteiger partial charge in [0.05, 0.1) is 4.90 Å². The fourth-order valence-corrected chi connectivity index (χ4v) is 2.72. The second kappa shape index (κ2) is 4.66. The van der Waals surface area contributed by atoms with Gasteiger partial charge >= 0.3 is 5.97 Å². The number of fused-ring (bicyclic) bond motifs is 1. The first-order valence-corrected chi connectivity index (χ1v) is 6.63. The first kappa shape index (κ1) is 12.4. The van der Waals surface area contributed by atoms with Crippen LogP contribution in [0.15, 0.2) is 40.7 Å². The monoisotopic (exact) mass is 266 g/mol. The summed E-state index contributed by atoms with van der Waals surface area (Å²) in [6, 6.07) is 4.61. The number of carbonyl (C=O) groups is 1. The molecule has 0 fully saturated rings. The number of carboxylic acid groups (broad SMARTS) is 1. The van der Waals surface area contributed by atoms with E-state index in [-0.39, 0.29) is 11.5 Å². The average Bonchev–Trinajstić information content (AvgIpc) is 2.61. The molecule has 0 bridgehead atoms. The summed E-state index contributed by atoms with van der Waals surface area (Å²) in [6.07, 6.45) is 3.85. The Morgan fingerprint density at radius 1 is 1.39 bits per heavy atom. The van der Waals surface area contributed by atoms with E-state index in [0.717, 1.165) is 11.5 Å². The summed E-state index contributed by atoms with van der Waals surface area (Å²) in [7, 11) is -3.29. The zero-order valence-corrected chi connectivity index (χ0v) is 10.1. The van der Waals surface area contributed by atoms with Crippen molar-refractivity contribution >= 4 is 21.9 Å². The smallest absolute Gasteiger partial charge is 0.328 e. The lowest BCUT2D eigenvalue weighted by atomic mass is 10.2. The molecule has 5 nitrogen and oxygen atoms in total. The molecule has 1 aromatic carbocycles. The van der Waals surface area contributed by atoms with Crippen LogP contribution in [0.5, 0.6) is 5.75 Å². The predicted molar refractivity (Wildman–Crippen MR) is 64.9 cm³/mol. The summed E-state index contributed by atoms with van der Waals surface area (Å²) in [5, 5.41) is 9.52. The molecule has 94 valence electrons. The minimum absolute atomic E-state index is 0.113. The fraction of sp³-hybridized carbons (Fsp3) is 0.0833. The normalized spacial score (nSPS) is 15.8. The van der Waals surface area contributed by atoms with Crippen molar-refractivity contribution in [2.75, 3.05) is 6.61 Å². The van der Waals surface area contributed by atoms with E-state index in [1.54, 1.807) is 6.07 Å². The quantitative estimate of drug-likeness (QED) is 0.834. The second-order valence-electron chi connectivity index (χ2n) is 3.60. The Balaban J connectivity index is 2.10. The molecular weight excluding hydrogens is 256 g/mol. The van der Waals surface area contributed by atoms with E-state index in [0.29, 0.717) is 11.3 Å². The highest BCUT2D eigenvalue weighted by molar-refractivity contribution is 7.94. The Bertz CT molecular complexity index is 640. The van der Waals surface area contributed by atoms with Crippen molar-refractivity contribution in [3.05, 3.63) is 41.3 Å². The molecule has 0 radical (unpaired) electrons. The summed E-state index contributed by atoms with van der Waals surface area (Å²) in [5.41, 5.74) is 0.578. The van der Waals surface area contributed by atoms with Gasteiger partial charge in [-0.05, 0) is 35.9 Å². The van der Waals surface area contributed by atoms with Gasteiger partial charge in [0.2, 0.25) is 0 Å². The second-order valence-corrected chi connectivity index (χ2v) is 5.40. The molecule has 1 N–H and O–H groups in total. The molecule has 0 aromatic heterocycles. The van der Waals surface area contributed by atoms with Gasteiger partial charge in [0.15, 0.2) is 9.84 Å². The van der Waals surface area contributed by atoms with E-state index in [1.807, 2.05) is 0 Å². The number of ether oxygens (including phenoxy) is 1. The maximum Gasteiger partial charge on any atom is 0.328 e. The van der Waals surface area contributed by atoms with Gasteiger partial charge in [0, 0.05) is 11.5 Å². The number of rotatable bonds is 4. The summed E-state index contributed by atoms with van der Waals surface area (Å²) < 4.78 is 28.3. The molecule has 0 saturated carbocycles. The van der Waals surface area contributed by atoms with Crippen LogP contribution in [0, 0.1) is 0 Å². The molecule has 0 unspecified atom stereocenters. The maximum atomic E-state index is 11.5. The van der Waals surface area contributed by atoms with E-state index in [4.69, 9.17) is 9.84 Å². The third-order valence-electron chi connectivity index (χ3n) is 2.32. The summed E-state index contributed by atoms with van der Waals surface area (Å²) in [6.45, 7) is 0.113. The van der Waals surface area contributed by atoms with E-state index >= 15 is 0 Å². The van der Waals surface area contributed by atoms with E-state index in [9.17, 15) is 13.2 Å². The third kappa shape index (κ3) is 2.60. The molecule has 0 amide bonds. The lowest BCUT2D eigenvalue weighted by Gasteiger charge is -2.05. The van der Waals surface area contributed by atoms with Crippen LogP contribution in [-0.2, 0) is 14.6 Å². The Hall–Kier alpha value is -2.08. The standard InChI is InChI=1S/C12H10O5S/c13-12(14)2-1-6-17-10-3-4-11-9(8-10)5-7-18(11,15)16/h1-5,7-8H,6H2,(H,13,14)/b2-1+. The SMILES string of the molecule is O=C(O)/C=C/COc1ccc2c(c1)C=CS2(=O)=O. The molecule has 1 aromatic rings. The first-order valence-electron chi connectivity index (χ1n) is 5.08. The van der Waals surface area contributed by atoms with Crippen molar-refractivity contribution in [3.63, 3.8) is 0 Å². The van der Waals surface area contributed by atoms with Gasteiger partial charge in [-0.2, -0.15) is 0 Å². The molecule has 2 rings (SSSR count). The molecule has 1 aliphatic rings. The number of hydrogen-bond acceptors (Lipinski definition) is 4.